The molecule has 0 unspecified atom stereocenters. The van der Waals surface area contributed by atoms with E-state index in [-0.39, 0.29) is 11.8 Å². The van der Waals surface area contributed by atoms with Gasteiger partial charge in [-0.2, -0.15) is 17.0 Å². The molecule has 0 aliphatic carbocycles. The molecule has 0 bridgehead atoms. The lowest BCUT2D eigenvalue weighted by atomic mass is 9.98. The number of hydrogen-bond acceptors (Lipinski definition) is 4. The highest BCUT2D eigenvalue weighted by Gasteiger charge is 2.35. The van der Waals surface area contributed by atoms with Crippen LogP contribution in [0.4, 0.5) is 0 Å². The van der Waals surface area contributed by atoms with Gasteiger partial charge >= 0.3 is 0 Å². The molecule has 2 aliphatic rings. The molecule has 8 heteroatoms. The van der Waals surface area contributed by atoms with Gasteiger partial charge in [-0.15, -0.1) is 0 Å². The van der Waals surface area contributed by atoms with Gasteiger partial charge in [0.25, 0.3) is 10.2 Å². The molecule has 2 aliphatic heterocycles. The number of piperidine rings is 1. The Morgan fingerprint density at radius 3 is 2.32 bits per heavy atom. The van der Waals surface area contributed by atoms with Crippen LogP contribution in [0.5, 0.6) is 0 Å². The lowest BCUT2D eigenvalue weighted by Gasteiger charge is -2.38. The van der Waals surface area contributed by atoms with Gasteiger partial charge in [-0.3, -0.25) is 4.79 Å². The van der Waals surface area contributed by atoms with Gasteiger partial charge in [0, 0.05) is 53.4 Å². The van der Waals surface area contributed by atoms with Crippen molar-refractivity contribution in [3.8, 4) is 0 Å². The molecule has 0 saturated carbocycles. The summed E-state index contributed by atoms with van der Waals surface area (Å²) >= 11 is 0. The van der Waals surface area contributed by atoms with Crippen LogP contribution < -0.4 is 0 Å². The third kappa shape index (κ3) is 3.79. The first kappa shape index (κ1) is 17.7. The highest BCUT2D eigenvalue weighted by molar-refractivity contribution is 7.86. The molecule has 0 spiro atoms. The van der Waals surface area contributed by atoms with Crippen molar-refractivity contribution in [1.82, 2.24) is 18.4 Å². The predicted octanol–water partition coefficient (Wildman–Crippen LogP) is -0.331. The van der Waals surface area contributed by atoms with Gasteiger partial charge in [-0.05, 0) is 19.4 Å². The molecule has 1 amide bonds. The maximum Gasteiger partial charge on any atom is 0.281 e. The summed E-state index contributed by atoms with van der Waals surface area (Å²) in [7, 11) is -0.357. The van der Waals surface area contributed by atoms with Crippen LogP contribution in [0.1, 0.15) is 19.8 Å². The molecule has 0 aromatic carbocycles. The number of likely N-dealkylation sites (N-methyl/N-ethyl adjacent to an activating group) is 1. The molecule has 2 fully saturated rings. The molecule has 0 aromatic heterocycles. The molecular formula is C14H28N4O3S. The Bertz CT molecular complexity index is 486. The lowest BCUT2D eigenvalue weighted by molar-refractivity contribution is -0.138. The van der Waals surface area contributed by atoms with Gasteiger partial charge in [0.05, 0.1) is 5.92 Å². The van der Waals surface area contributed by atoms with E-state index >= 15 is 0 Å². The number of hydrogen-bond donors (Lipinski definition) is 0. The van der Waals surface area contributed by atoms with E-state index in [0.29, 0.717) is 13.1 Å². The summed E-state index contributed by atoms with van der Waals surface area (Å²) in [4.78, 5) is 16.9. The minimum atomic E-state index is -3.42. The number of amides is 1. The molecular weight excluding hydrogens is 304 g/mol. The van der Waals surface area contributed by atoms with Crippen LogP contribution in [0.15, 0.2) is 0 Å². The highest BCUT2D eigenvalue weighted by Crippen LogP contribution is 2.22. The zero-order valence-electron chi connectivity index (χ0n) is 13.9. The largest absolute Gasteiger partial charge is 0.340 e. The van der Waals surface area contributed by atoms with E-state index in [2.05, 4.69) is 11.8 Å². The minimum absolute atomic E-state index is 0.120. The van der Waals surface area contributed by atoms with Crippen molar-refractivity contribution in [3.05, 3.63) is 0 Å². The number of nitrogens with zero attached hydrogens (tertiary/aromatic N) is 4. The van der Waals surface area contributed by atoms with Crippen molar-refractivity contribution >= 4 is 16.1 Å². The second-order valence-electron chi connectivity index (χ2n) is 6.25. The average Bonchev–Trinajstić information content (AvgIpc) is 2.54. The minimum Gasteiger partial charge on any atom is -0.340 e. The van der Waals surface area contributed by atoms with Crippen molar-refractivity contribution in [2.45, 2.75) is 19.8 Å². The number of piperazine rings is 1. The molecule has 7 nitrogen and oxygen atoms in total. The zero-order valence-corrected chi connectivity index (χ0v) is 14.7. The van der Waals surface area contributed by atoms with Crippen LogP contribution >= 0.6 is 0 Å². The van der Waals surface area contributed by atoms with Gasteiger partial charge in [0.2, 0.25) is 5.91 Å². The average molecular weight is 332 g/mol. The Labute approximate surface area is 134 Å². The number of carbonyl (C=O) groups is 1. The second kappa shape index (κ2) is 7.25. The Morgan fingerprint density at radius 1 is 1.14 bits per heavy atom. The van der Waals surface area contributed by atoms with Gasteiger partial charge in [-0.25, -0.2) is 0 Å². The molecule has 128 valence electrons. The summed E-state index contributed by atoms with van der Waals surface area (Å²) in [5.74, 6) is -0.0777. The maximum absolute atomic E-state index is 12.7. The van der Waals surface area contributed by atoms with Gasteiger partial charge in [0.15, 0.2) is 0 Å². The summed E-state index contributed by atoms with van der Waals surface area (Å²) in [6.07, 6.45) is 1.53. The smallest absolute Gasteiger partial charge is 0.281 e. The van der Waals surface area contributed by atoms with Gasteiger partial charge in [0.1, 0.15) is 0 Å². The topological polar surface area (TPSA) is 64.2 Å². The van der Waals surface area contributed by atoms with Gasteiger partial charge < -0.3 is 9.80 Å². The lowest BCUT2D eigenvalue weighted by Crippen LogP contribution is -2.53. The standard InChI is InChI=1S/C14H28N4O3S/c1-4-16-8-10-17(11-9-16)14(19)13-6-5-7-18(12-13)22(20,21)15(2)3/h13H,4-12H2,1-3H3/t13-/m1/s1. The summed E-state index contributed by atoms with van der Waals surface area (Å²) < 4.78 is 27.1. The van der Waals surface area contributed by atoms with Crippen molar-refractivity contribution in [2.24, 2.45) is 5.92 Å². The molecule has 2 saturated heterocycles. The molecule has 0 radical (unpaired) electrons. The molecule has 0 N–H and O–H groups in total. The molecule has 1 atom stereocenters. The summed E-state index contributed by atoms with van der Waals surface area (Å²) in [5, 5.41) is 0. The van der Waals surface area contributed by atoms with E-state index in [1.54, 1.807) is 0 Å². The van der Waals surface area contributed by atoms with E-state index in [1.165, 1.54) is 22.7 Å². The third-order valence-electron chi connectivity index (χ3n) is 4.65. The first-order chi connectivity index (χ1) is 10.4. The Morgan fingerprint density at radius 2 is 1.77 bits per heavy atom. The monoisotopic (exact) mass is 332 g/mol. The quantitative estimate of drug-likeness (QED) is 0.707. The van der Waals surface area contributed by atoms with Crippen LogP contribution in [0.2, 0.25) is 0 Å². The van der Waals surface area contributed by atoms with E-state index in [0.717, 1.165) is 45.6 Å². The fraction of sp³-hybridized carbons (Fsp3) is 0.929. The molecule has 2 heterocycles. The highest BCUT2D eigenvalue weighted by atomic mass is 32.2. The Balaban J connectivity index is 1.96. The second-order valence-corrected chi connectivity index (χ2v) is 8.39. The molecule has 22 heavy (non-hydrogen) atoms. The summed E-state index contributed by atoms with van der Waals surface area (Å²) in [6, 6.07) is 0. The van der Waals surface area contributed by atoms with Crippen LogP contribution in [0, 0.1) is 5.92 Å². The van der Waals surface area contributed by atoms with Crippen molar-refractivity contribution < 1.29 is 13.2 Å². The van der Waals surface area contributed by atoms with E-state index in [1.807, 2.05) is 4.90 Å². The zero-order chi connectivity index (χ0) is 16.3. The first-order valence-corrected chi connectivity index (χ1v) is 9.44. The first-order valence-electron chi connectivity index (χ1n) is 8.05. The number of rotatable bonds is 4. The fourth-order valence-electron chi connectivity index (χ4n) is 3.13. The van der Waals surface area contributed by atoms with Crippen LogP contribution in [-0.2, 0) is 15.0 Å². The van der Waals surface area contributed by atoms with Crippen molar-refractivity contribution in [3.63, 3.8) is 0 Å². The Hall–Kier alpha value is -0.700. The fourth-order valence-corrected chi connectivity index (χ4v) is 4.32. The molecule has 2 rings (SSSR count). The normalized spacial score (nSPS) is 25.6. The Kier molecular flexibility index (Phi) is 5.81. The van der Waals surface area contributed by atoms with E-state index < -0.39 is 10.2 Å². The number of carbonyl (C=O) groups excluding carboxylic acids is 1. The van der Waals surface area contributed by atoms with Crippen LogP contribution in [0.3, 0.4) is 0 Å². The molecule has 0 aromatic rings. The van der Waals surface area contributed by atoms with Crippen LogP contribution in [-0.4, -0.2) is 92.6 Å². The predicted molar refractivity (Wildman–Crippen MR) is 85.6 cm³/mol. The summed E-state index contributed by atoms with van der Waals surface area (Å²) in [5.41, 5.74) is 0. The third-order valence-corrected chi connectivity index (χ3v) is 6.56. The SMILES string of the molecule is CCN1CCN(C(=O)[C@@H]2CCCN(S(=O)(=O)N(C)C)C2)CC1. The van der Waals surface area contributed by atoms with Gasteiger partial charge in [-0.1, -0.05) is 6.92 Å². The maximum atomic E-state index is 12.7. The van der Waals surface area contributed by atoms with Crippen molar-refractivity contribution in [2.75, 3.05) is 59.9 Å². The van der Waals surface area contributed by atoms with E-state index in [9.17, 15) is 13.2 Å². The van der Waals surface area contributed by atoms with Crippen LogP contribution in [0.25, 0.3) is 0 Å². The van der Waals surface area contributed by atoms with E-state index in [4.69, 9.17) is 0 Å². The summed E-state index contributed by atoms with van der Waals surface area (Å²) in [6.45, 7) is 7.29. The van der Waals surface area contributed by atoms with Crippen molar-refractivity contribution in [1.29, 1.82) is 0 Å².